The number of piperazine rings is 1. The molecule has 31 heavy (non-hydrogen) atoms. The van der Waals surface area contributed by atoms with Crippen LogP contribution in [0.1, 0.15) is 23.6 Å². The maximum atomic E-state index is 10.9. The van der Waals surface area contributed by atoms with Gasteiger partial charge in [0.15, 0.2) is 12.6 Å². The molecule has 1 fully saturated rings. The molecule has 0 bridgehead atoms. The summed E-state index contributed by atoms with van der Waals surface area (Å²) in [7, 11) is 0. The second-order valence-corrected chi connectivity index (χ2v) is 7.82. The monoisotopic (exact) mass is 423 g/mol. The molecule has 3 N–H and O–H groups in total. The first-order valence-corrected chi connectivity index (χ1v) is 10.8. The molecule has 7 nitrogen and oxygen atoms in total. The van der Waals surface area contributed by atoms with Crippen LogP contribution in [0.3, 0.4) is 0 Å². The van der Waals surface area contributed by atoms with Crippen molar-refractivity contribution in [3.63, 3.8) is 0 Å². The fourth-order valence-electron chi connectivity index (χ4n) is 3.67. The number of primary amides is 1. The number of aliphatic imine (C=N–C) groups is 1. The number of nitrogens with one attached hydrogen (secondary N) is 1. The molecular formula is C24H33N5O2. The number of carbonyl (C=O) groups excluding carboxylic acids is 1. The second-order valence-electron chi connectivity index (χ2n) is 7.82. The quantitative estimate of drug-likeness (QED) is 0.502. The van der Waals surface area contributed by atoms with E-state index < -0.39 is 5.91 Å². The molecule has 2 aromatic rings. The van der Waals surface area contributed by atoms with Crippen molar-refractivity contribution in [2.75, 3.05) is 39.3 Å². The number of carbonyl (C=O) groups is 1. The van der Waals surface area contributed by atoms with Gasteiger partial charge < -0.3 is 20.7 Å². The van der Waals surface area contributed by atoms with Crippen LogP contribution in [0.2, 0.25) is 0 Å². The number of amides is 1. The van der Waals surface area contributed by atoms with E-state index in [4.69, 9.17) is 15.5 Å². The molecule has 2 aromatic carbocycles. The van der Waals surface area contributed by atoms with Crippen LogP contribution >= 0.6 is 0 Å². The van der Waals surface area contributed by atoms with Crippen LogP contribution in [-0.2, 0) is 17.9 Å². The Bertz CT molecular complexity index is 891. The SMILES string of the molecule is CCNC(=NCc1cccc(OCC(N)=O)c1)N1CCN(Cc2cccc(C)c2)CC1. The molecule has 0 radical (unpaired) electrons. The van der Waals surface area contributed by atoms with E-state index in [1.54, 1.807) is 0 Å². The summed E-state index contributed by atoms with van der Waals surface area (Å²) in [6, 6.07) is 16.4. The predicted octanol–water partition coefficient (Wildman–Crippen LogP) is 2.14. The van der Waals surface area contributed by atoms with Gasteiger partial charge in [0, 0.05) is 39.3 Å². The van der Waals surface area contributed by atoms with Crippen LogP contribution < -0.4 is 15.8 Å². The highest BCUT2D eigenvalue weighted by Gasteiger charge is 2.19. The number of hydrogen-bond donors (Lipinski definition) is 2. The van der Waals surface area contributed by atoms with Crippen LogP contribution in [0.15, 0.2) is 53.5 Å². The third-order valence-corrected chi connectivity index (χ3v) is 5.19. The van der Waals surface area contributed by atoms with Gasteiger partial charge in [0.1, 0.15) is 5.75 Å². The molecule has 0 saturated carbocycles. The summed E-state index contributed by atoms with van der Waals surface area (Å²) in [5.74, 6) is 1.07. The van der Waals surface area contributed by atoms with Crippen molar-refractivity contribution in [1.29, 1.82) is 0 Å². The minimum absolute atomic E-state index is 0.123. The zero-order valence-corrected chi connectivity index (χ0v) is 18.5. The lowest BCUT2D eigenvalue weighted by Gasteiger charge is -2.36. The molecule has 0 aliphatic carbocycles. The molecule has 7 heteroatoms. The minimum atomic E-state index is -0.487. The van der Waals surface area contributed by atoms with Gasteiger partial charge in [0.25, 0.3) is 5.91 Å². The van der Waals surface area contributed by atoms with Crippen LogP contribution in [0.25, 0.3) is 0 Å². The van der Waals surface area contributed by atoms with Gasteiger partial charge in [-0.05, 0) is 37.1 Å². The van der Waals surface area contributed by atoms with Crippen molar-refractivity contribution in [1.82, 2.24) is 15.1 Å². The number of rotatable bonds is 8. The first-order valence-electron chi connectivity index (χ1n) is 10.8. The number of ether oxygens (including phenoxy) is 1. The molecular weight excluding hydrogens is 390 g/mol. The molecule has 1 aliphatic rings. The Morgan fingerprint density at radius 3 is 2.55 bits per heavy atom. The topological polar surface area (TPSA) is 83.2 Å². The van der Waals surface area contributed by atoms with E-state index in [1.807, 2.05) is 24.3 Å². The van der Waals surface area contributed by atoms with Crippen molar-refractivity contribution in [3.05, 3.63) is 65.2 Å². The predicted molar refractivity (Wildman–Crippen MR) is 124 cm³/mol. The molecule has 0 atom stereocenters. The molecule has 1 saturated heterocycles. The van der Waals surface area contributed by atoms with Crippen LogP contribution in [-0.4, -0.2) is 61.0 Å². The second kappa shape index (κ2) is 11.4. The fourth-order valence-corrected chi connectivity index (χ4v) is 3.67. The van der Waals surface area contributed by atoms with Crippen LogP contribution in [0.4, 0.5) is 0 Å². The van der Waals surface area contributed by atoms with Crippen molar-refractivity contribution >= 4 is 11.9 Å². The number of hydrogen-bond acceptors (Lipinski definition) is 4. The summed E-state index contributed by atoms with van der Waals surface area (Å²) in [6.45, 7) is 10.4. The molecule has 166 valence electrons. The molecule has 1 aliphatic heterocycles. The number of benzene rings is 2. The zero-order chi connectivity index (χ0) is 22.1. The lowest BCUT2D eigenvalue weighted by molar-refractivity contribution is -0.119. The number of nitrogens with two attached hydrogens (primary N) is 1. The Morgan fingerprint density at radius 1 is 1.10 bits per heavy atom. The standard InChI is InChI=1S/C24H33N5O2/c1-3-26-24(27-16-20-7-5-9-22(15-20)31-18-23(25)30)29-12-10-28(11-13-29)17-21-8-4-6-19(2)14-21/h4-9,14-15H,3,10-13,16-18H2,1-2H3,(H2,25,30)(H,26,27). The van der Waals surface area contributed by atoms with Gasteiger partial charge in [0.2, 0.25) is 0 Å². The fraction of sp³-hybridized carbons (Fsp3) is 0.417. The van der Waals surface area contributed by atoms with Crippen molar-refractivity contribution < 1.29 is 9.53 Å². The van der Waals surface area contributed by atoms with E-state index in [1.165, 1.54) is 11.1 Å². The molecule has 1 heterocycles. The summed E-state index contributed by atoms with van der Waals surface area (Å²) in [5.41, 5.74) is 8.85. The maximum Gasteiger partial charge on any atom is 0.255 e. The van der Waals surface area contributed by atoms with Gasteiger partial charge in [-0.25, -0.2) is 4.99 Å². The summed E-state index contributed by atoms with van der Waals surface area (Å²) >= 11 is 0. The Morgan fingerprint density at radius 2 is 1.84 bits per heavy atom. The Hall–Kier alpha value is -3.06. The molecule has 3 rings (SSSR count). The van der Waals surface area contributed by atoms with Gasteiger partial charge in [-0.3, -0.25) is 9.69 Å². The van der Waals surface area contributed by atoms with Gasteiger partial charge >= 0.3 is 0 Å². The van der Waals surface area contributed by atoms with Crippen LogP contribution in [0.5, 0.6) is 5.75 Å². The zero-order valence-electron chi connectivity index (χ0n) is 18.5. The molecule has 0 aromatic heterocycles. The first-order chi connectivity index (χ1) is 15.0. The Balaban J connectivity index is 1.56. The highest BCUT2D eigenvalue weighted by Crippen LogP contribution is 2.15. The van der Waals surface area contributed by atoms with E-state index in [9.17, 15) is 4.79 Å². The normalized spacial score (nSPS) is 15.0. The lowest BCUT2D eigenvalue weighted by Crippen LogP contribution is -2.52. The summed E-state index contributed by atoms with van der Waals surface area (Å²) in [4.78, 5) is 20.6. The van der Waals surface area contributed by atoms with Gasteiger partial charge in [0.05, 0.1) is 6.54 Å². The lowest BCUT2D eigenvalue weighted by atomic mass is 10.1. The van der Waals surface area contributed by atoms with E-state index in [-0.39, 0.29) is 6.61 Å². The Labute approximate surface area is 184 Å². The largest absolute Gasteiger partial charge is 0.484 e. The summed E-state index contributed by atoms with van der Waals surface area (Å²) in [6.07, 6.45) is 0. The number of guanidine groups is 1. The van der Waals surface area contributed by atoms with Gasteiger partial charge in [-0.1, -0.05) is 42.0 Å². The average Bonchev–Trinajstić information content (AvgIpc) is 2.76. The van der Waals surface area contributed by atoms with Crippen molar-refractivity contribution in [3.8, 4) is 5.75 Å². The van der Waals surface area contributed by atoms with E-state index >= 15 is 0 Å². The van der Waals surface area contributed by atoms with E-state index in [2.05, 4.69) is 53.2 Å². The minimum Gasteiger partial charge on any atom is -0.484 e. The molecule has 1 amide bonds. The highest BCUT2D eigenvalue weighted by molar-refractivity contribution is 5.80. The van der Waals surface area contributed by atoms with E-state index in [0.29, 0.717) is 12.3 Å². The number of aryl methyl sites for hydroxylation is 1. The number of nitrogens with zero attached hydrogens (tertiary/aromatic N) is 3. The summed E-state index contributed by atoms with van der Waals surface area (Å²) in [5, 5.41) is 3.41. The average molecular weight is 424 g/mol. The Kier molecular flexibility index (Phi) is 8.29. The molecule has 0 spiro atoms. The van der Waals surface area contributed by atoms with E-state index in [0.717, 1.165) is 50.8 Å². The third kappa shape index (κ3) is 7.29. The smallest absolute Gasteiger partial charge is 0.255 e. The maximum absolute atomic E-state index is 10.9. The third-order valence-electron chi connectivity index (χ3n) is 5.19. The van der Waals surface area contributed by atoms with Crippen LogP contribution in [0, 0.1) is 6.92 Å². The van der Waals surface area contributed by atoms with Crippen molar-refractivity contribution in [2.45, 2.75) is 26.9 Å². The van der Waals surface area contributed by atoms with Crippen molar-refractivity contribution in [2.24, 2.45) is 10.7 Å². The van der Waals surface area contributed by atoms with Gasteiger partial charge in [-0.2, -0.15) is 0 Å². The first kappa shape index (κ1) is 22.6. The highest BCUT2D eigenvalue weighted by atomic mass is 16.5. The summed E-state index contributed by atoms with van der Waals surface area (Å²) < 4.78 is 5.39. The van der Waals surface area contributed by atoms with Gasteiger partial charge in [-0.15, -0.1) is 0 Å². The molecule has 0 unspecified atom stereocenters.